The van der Waals surface area contributed by atoms with E-state index in [4.69, 9.17) is 11.6 Å². The van der Waals surface area contributed by atoms with E-state index in [9.17, 15) is 8.42 Å². The average molecular weight is 409 g/mol. The molecule has 2 aromatic rings. The predicted molar refractivity (Wildman–Crippen MR) is 91.5 cm³/mol. The van der Waals surface area contributed by atoms with E-state index in [0.717, 1.165) is 22.2 Å². The number of benzene rings is 1. The first kappa shape index (κ1) is 17.0. The quantitative estimate of drug-likeness (QED) is 0.552. The molecule has 114 valence electrons. The summed E-state index contributed by atoms with van der Waals surface area (Å²) in [4.78, 5) is 1.42. The van der Waals surface area contributed by atoms with Crippen LogP contribution in [0.2, 0.25) is 0 Å². The van der Waals surface area contributed by atoms with Crippen molar-refractivity contribution >= 4 is 48.9 Å². The summed E-state index contributed by atoms with van der Waals surface area (Å²) in [6.45, 7) is 0.421. The number of hydrogen-bond donors (Lipinski definition) is 1. The second-order valence-corrected chi connectivity index (χ2v) is 8.46. The van der Waals surface area contributed by atoms with Crippen molar-refractivity contribution in [3.8, 4) is 0 Å². The molecule has 0 saturated carbocycles. The largest absolute Gasteiger partial charge is 0.240 e. The number of thiophene rings is 1. The highest BCUT2D eigenvalue weighted by molar-refractivity contribution is 9.10. The molecule has 0 aliphatic rings. The molecule has 7 heteroatoms. The van der Waals surface area contributed by atoms with Crippen LogP contribution >= 0.6 is 38.9 Å². The van der Waals surface area contributed by atoms with E-state index in [-0.39, 0.29) is 4.90 Å². The number of halogens is 2. The van der Waals surface area contributed by atoms with Gasteiger partial charge in [-0.3, -0.25) is 0 Å². The van der Waals surface area contributed by atoms with Gasteiger partial charge in [-0.15, -0.1) is 22.9 Å². The monoisotopic (exact) mass is 407 g/mol. The topological polar surface area (TPSA) is 46.2 Å². The molecule has 0 unspecified atom stereocenters. The fourth-order valence-electron chi connectivity index (χ4n) is 1.82. The van der Waals surface area contributed by atoms with E-state index in [1.807, 2.05) is 0 Å². The summed E-state index contributed by atoms with van der Waals surface area (Å²) >= 11 is 10.7. The van der Waals surface area contributed by atoms with Crippen LogP contribution in [0, 0.1) is 0 Å². The van der Waals surface area contributed by atoms with Crippen LogP contribution < -0.4 is 4.72 Å². The summed E-state index contributed by atoms with van der Waals surface area (Å²) < 4.78 is 27.6. The van der Waals surface area contributed by atoms with E-state index >= 15 is 0 Å². The van der Waals surface area contributed by atoms with Gasteiger partial charge in [-0.2, -0.15) is 0 Å². The van der Waals surface area contributed by atoms with Gasteiger partial charge in [0, 0.05) is 15.9 Å². The van der Waals surface area contributed by atoms with E-state index < -0.39 is 10.0 Å². The second-order valence-electron chi connectivity index (χ2n) is 4.51. The van der Waals surface area contributed by atoms with Crippen LogP contribution in [0.3, 0.4) is 0 Å². The van der Waals surface area contributed by atoms with Crippen LogP contribution in [-0.4, -0.2) is 15.0 Å². The van der Waals surface area contributed by atoms with Crippen LogP contribution in [0.15, 0.2) is 45.1 Å². The lowest BCUT2D eigenvalue weighted by atomic mass is 10.2. The smallest absolute Gasteiger partial charge is 0.211 e. The maximum Gasteiger partial charge on any atom is 0.240 e. The number of hydrogen-bond acceptors (Lipinski definition) is 3. The molecule has 0 fully saturated rings. The fourth-order valence-corrected chi connectivity index (χ4v) is 4.20. The summed E-state index contributed by atoms with van der Waals surface area (Å²) in [6.07, 6.45) is 1.60. The molecule has 0 aliphatic heterocycles. The fraction of sp³-hybridized carbons (Fsp3) is 0.286. The zero-order valence-electron chi connectivity index (χ0n) is 11.2. The van der Waals surface area contributed by atoms with Gasteiger partial charge >= 0.3 is 0 Å². The first-order valence-electron chi connectivity index (χ1n) is 6.39. The Balaban J connectivity index is 1.83. The van der Waals surface area contributed by atoms with Crippen molar-refractivity contribution in [1.82, 2.24) is 4.72 Å². The molecule has 1 N–H and O–H groups in total. The minimum absolute atomic E-state index is 0.283. The first-order chi connectivity index (χ1) is 10.0. The van der Waals surface area contributed by atoms with Gasteiger partial charge in [0.1, 0.15) is 0 Å². The van der Waals surface area contributed by atoms with Gasteiger partial charge in [0.15, 0.2) is 0 Å². The van der Waals surface area contributed by atoms with Crippen LogP contribution in [0.4, 0.5) is 0 Å². The molecular formula is C14H15BrClNO2S2. The van der Waals surface area contributed by atoms with Crippen molar-refractivity contribution in [2.24, 2.45) is 0 Å². The molecule has 0 radical (unpaired) electrons. The summed E-state index contributed by atoms with van der Waals surface area (Å²) in [5.74, 6) is 0.529. The minimum atomic E-state index is -3.42. The van der Waals surface area contributed by atoms with Crippen LogP contribution in [0.1, 0.15) is 16.9 Å². The summed E-state index contributed by atoms with van der Waals surface area (Å²) in [5, 5.41) is 2.07. The Morgan fingerprint density at radius 1 is 1.24 bits per heavy atom. The van der Waals surface area contributed by atoms with Crippen molar-refractivity contribution in [2.45, 2.75) is 23.6 Å². The van der Waals surface area contributed by atoms with Gasteiger partial charge in [-0.05, 0) is 54.1 Å². The Morgan fingerprint density at radius 2 is 1.95 bits per heavy atom. The van der Waals surface area contributed by atoms with Gasteiger partial charge in [0.05, 0.1) is 10.8 Å². The third kappa shape index (κ3) is 5.07. The lowest BCUT2D eigenvalue weighted by Crippen LogP contribution is -2.25. The number of sulfonamides is 1. The molecular weight excluding hydrogens is 394 g/mol. The maximum atomic E-state index is 12.1. The Morgan fingerprint density at radius 3 is 2.57 bits per heavy atom. The van der Waals surface area contributed by atoms with E-state index in [2.05, 4.69) is 32.1 Å². The Hall–Kier alpha value is -0.400. The Labute approximate surface area is 142 Å². The molecule has 1 heterocycles. The molecule has 1 aromatic heterocycles. The third-order valence-corrected chi connectivity index (χ3v) is 6.34. The zero-order valence-corrected chi connectivity index (χ0v) is 15.2. The molecule has 0 bridgehead atoms. The summed E-state index contributed by atoms with van der Waals surface area (Å²) in [5.41, 5.74) is 1.21. The van der Waals surface area contributed by atoms with E-state index in [1.165, 1.54) is 5.56 Å². The van der Waals surface area contributed by atoms with Crippen molar-refractivity contribution in [1.29, 1.82) is 0 Å². The maximum absolute atomic E-state index is 12.1. The van der Waals surface area contributed by atoms with Crippen LogP contribution in [0.5, 0.6) is 0 Å². The number of rotatable bonds is 7. The van der Waals surface area contributed by atoms with Gasteiger partial charge < -0.3 is 0 Å². The van der Waals surface area contributed by atoms with Crippen LogP contribution in [0.25, 0.3) is 0 Å². The SMILES string of the molecule is O=S(=O)(NCCCc1csc(CCl)c1)c1ccc(Br)cc1. The van der Waals surface area contributed by atoms with Gasteiger partial charge in [0.25, 0.3) is 0 Å². The highest BCUT2D eigenvalue weighted by Gasteiger charge is 2.12. The Bertz CT molecular complexity index is 683. The highest BCUT2D eigenvalue weighted by atomic mass is 79.9. The summed E-state index contributed by atoms with van der Waals surface area (Å²) in [6, 6.07) is 8.66. The molecule has 0 aliphatic carbocycles. The second kappa shape index (κ2) is 7.74. The molecule has 1 aromatic carbocycles. The standard InChI is InChI=1S/C14H15BrClNO2S2/c15-12-3-5-14(6-4-12)21(18,19)17-7-1-2-11-8-13(9-16)20-10-11/h3-6,8,10,17H,1-2,7,9H2. The normalized spacial score (nSPS) is 11.7. The average Bonchev–Trinajstić information content (AvgIpc) is 2.92. The molecule has 21 heavy (non-hydrogen) atoms. The van der Waals surface area contributed by atoms with Gasteiger partial charge in [-0.1, -0.05) is 15.9 Å². The van der Waals surface area contributed by atoms with E-state index in [0.29, 0.717) is 12.4 Å². The molecule has 0 saturated heterocycles. The van der Waals surface area contributed by atoms with Gasteiger partial charge in [0.2, 0.25) is 10.0 Å². The van der Waals surface area contributed by atoms with Crippen molar-refractivity contribution < 1.29 is 8.42 Å². The van der Waals surface area contributed by atoms with E-state index in [1.54, 1.807) is 35.6 Å². The lowest BCUT2D eigenvalue weighted by Gasteiger charge is -2.06. The minimum Gasteiger partial charge on any atom is -0.211 e. The molecule has 0 spiro atoms. The van der Waals surface area contributed by atoms with Crippen molar-refractivity contribution in [3.63, 3.8) is 0 Å². The van der Waals surface area contributed by atoms with Crippen molar-refractivity contribution in [3.05, 3.63) is 50.6 Å². The molecule has 0 atom stereocenters. The summed E-state index contributed by atoms with van der Waals surface area (Å²) in [7, 11) is -3.42. The highest BCUT2D eigenvalue weighted by Crippen LogP contribution is 2.18. The van der Waals surface area contributed by atoms with Gasteiger partial charge in [-0.25, -0.2) is 13.1 Å². The number of alkyl halides is 1. The first-order valence-corrected chi connectivity index (χ1v) is 10.1. The molecule has 0 amide bonds. The van der Waals surface area contributed by atoms with Crippen LogP contribution in [-0.2, 0) is 22.3 Å². The number of nitrogens with one attached hydrogen (secondary N) is 1. The Kier molecular flexibility index (Phi) is 6.25. The third-order valence-electron chi connectivity index (χ3n) is 2.90. The number of aryl methyl sites for hydroxylation is 1. The predicted octanol–water partition coefficient (Wildman–Crippen LogP) is 4.16. The molecule has 3 nitrogen and oxygen atoms in total. The zero-order chi connectivity index (χ0) is 15.3. The van der Waals surface area contributed by atoms with Crippen molar-refractivity contribution in [2.75, 3.05) is 6.54 Å². The lowest BCUT2D eigenvalue weighted by molar-refractivity contribution is 0.579. The molecule has 2 rings (SSSR count).